The molecule has 0 aliphatic rings. The van der Waals surface area contributed by atoms with Crippen molar-refractivity contribution < 1.29 is 0 Å². The van der Waals surface area contributed by atoms with Gasteiger partial charge in [-0.2, -0.15) is 0 Å². The highest BCUT2D eigenvalue weighted by Gasteiger charge is 2.63. The Labute approximate surface area is 210 Å². The SMILES string of the molecule is CCC(CC)[Si](C(CC)CC)=[Si]([Si](C)(C(C)(C)C)C(C)(C)C)[Si](C)(C(C)(C)C)C(C)(C)C. The van der Waals surface area contributed by atoms with Gasteiger partial charge in [-0.1, -0.05) is 150 Å². The Bertz CT molecular complexity index is 542. The molecule has 0 fully saturated rings. The molecular formula is C28H64Si4. The van der Waals surface area contributed by atoms with E-state index in [9.17, 15) is 0 Å². The molecule has 0 atom stereocenters. The average molecular weight is 513 g/mol. The molecule has 0 bridgehead atoms. The molecule has 0 rings (SSSR count). The van der Waals surface area contributed by atoms with Crippen LogP contribution in [0.1, 0.15) is 136 Å². The van der Waals surface area contributed by atoms with Gasteiger partial charge in [0.25, 0.3) is 0 Å². The fourth-order valence-electron chi connectivity index (χ4n) is 7.03. The molecule has 0 aliphatic heterocycles. The molecule has 0 aromatic rings. The van der Waals surface area contributed by atoms with Crippen LogP contribution in [0.5, 0.6) is 0 Å². The highest BCUT2D eigenvalue weighted by Crippen LogP contribution is 2.59. The molecule has 0 nitrogen and oxygen atoms in total. The van der Waals surface area contributed by atoms with E-state index in [1.54, 1.807) is 0 Å². The van der Waals surface area contributed by atoms with Gasteiger partial charge in [-0.05, 0) is 46.1 Å². The summed E-state index contributed by atoms with van der Waals surface area (Å²) >= 11 is 0. The van der Waals surface area contributed by atoms with Crippen molar-refractivity contribution in [2.75, 3.05) is 0 Å². The minimum absolute atomic E-state index is 0.443. The normalized spacial score (nSPS) is 15.0. The third-order valence-electron chi connectivity index (χ3n) is 10.1. The van der Waals surface area contributed by atoms with Crippen LogP contribution in [-0.2, 0) is 0 Å². The predicted molar refractivity (Wildman–Crippen MR) is 162 cm³/mol. The molecule has 0 unspecified atom stereocenters. The average Bonchev–Trinajstić information content (AvgIpc) is 2.59. The van der Waals surface area contributed by atoms with Gasteiger partial charge < -0.3 is 0 Å². The lowest BCUT2D eigenvalue weighted by Crippen LogP contribution is -2.75. The maximum Gasteiger partial charge on any atom is 0.0644 e. The molecule has 0 radical (unpaired) electrons. The van der Waals surface area contributed by atoms with E-state index in [1.807, 2.05) is 0 Å². The van der Waals surface area contributed by atoms with Gasteiger partial charge in [0.2, 0.25) is 0 Å². The first-order valence-electron chi connectivity index (χ1n) is 13.8. The standard InChI is InChI=1S/C28H64Si4/c1-19-23(20-2)29(24(21-3)22-4)30(31(17,25(5,6)7)26(8,9)10)32(18,27(11,12)13)28(14,15)16/h23-24H,19-22H2,1-18H3. The third-order valence-corrected chi connectivity index (χ3v) is 70.5. The molecule has 0 aliphatic carbocycles. The molecule has 192 valence electrons. The first-order chi connectivity index (χ1) is 14.0. The lowest BCUT2D eigenvalue weighted by atomic mass is 10.2. The summed E-state index contributed by atoms with van der Waals surface area (Å²) in [6.07, 6.45) is 5.64. The van der Waals surface area contributed by atoms with Gasteiger partial charge in [-0.3, -0.25) is 0 Å². The van der Waals surface area contributed by atoms with Crippen LogP contribution in [0.25, 0.3) is 0 Å². The van der Waals surface area contributed by atoms with Crippen molar-refractivity contribution in [2.24, 2.45) is 0 Å². The molecule has 0 aromatic carbocycles. The van der Waals surface area contributed by atoms with Crippen molar-refractivity contribution in [1.29, 1.82) is 0 Å². The lowest BCUT2D eigenvalue weighted by Gasteiger charge is -2.63. The Morgan fingerprint density at radius 1 is 0.469 bits per heavy atom. The molecule has 0 saturated carbocycles. The Hall–Kier alpha value is 0.868. The lowest BCUT2D eigenvalue weighted by molar-refractivity contribution is 0.626. The van der Waals surface area contributed by atoms with E-state index in [1.165, 1.54) is 25.7 Å². The van der Waals surface area contributed by atoms with E-state index in [0.29, 0.717) is 20.2 Å². The van der Waals surface area contributed by atoms with E-state index in [4.69, 9.17) is 0 Å². The predicted octanol–water partition coefficient (Wildman–Crippen LogP) is 10.9. The maximum atomic E-state index is 2.93. The number of hydrogen-bond acceptors (Lipinski definition) is 0. The second kappa shape index (κ2) is 10.9. The van der Waals surface area contributed by atoms with Gasteiger partial charge in [-0.25, -0.2) is 0 Å². The molecule has 4 heteroatoms. The maximum absolute atomic E-state index is 2.93. The number of hydrogen-bond donors (Lipinski definition) is 0. The quantitative estimate of drug-likeness (QED) is 0.283. The van der Waals surface area contributed by atoms with Crippen LogP contribution < -0.4 is 0 Å². The van der Waals surface area contributed by atoms with E-state index < -0.39 is 30.0 Å². The van der Waals surface area contributed by atoms with Crippen LogP contribution in [0.2, 0.25) is 44.3 Å². The van der Waals surface area contributed by atoms with Crippen molar-refractivity contribution in [3.8, 4) is 0 Å². The van der Waals surface area contributed by atoms with Crippen LogP contribution in [0.15, 0.2) is 0 Å². The van der Waals surface area contributed by atoms with Gasteiger partial charge >= 0.3 is 0 Å². The van der Waals surface area contributed by atoms with E-state index in [2.05, 4.69) is 124 Å². The van der Waals surface area contributed by atoms with Gasteiger partial charge in [0.1, 0.15) is 0 Å². The minimum Gasteiger partial charge on any atom is -0.0684 e. The fourth-order valence-corrected chi connectivity index (χ4v) is 94.0. The summed E-state index contributed by atoms with van der Waals surface area (Å²) in [5.41, 5.74) is 1.98. The zero-order valence-electron chi connectivity index (χ0n) is 26.0. The van der Waals surface area contributed by atoms with Gasteiger partial charge in [0.05, 0.1) is 15.2 Å². The Balaban J connectivity index is 8.44. The van der Waals surface area contributed by atoms with Crippen LogP contribution in [0.3, 0.4) is 0 Å². The van der Waals surface area contributed by atoms with Gasteiger partial charge in [-0.15, -0.1) is 0 Å². The fraction of sp³-hybridized carbons (Fsp3) is 1.00. The van der Waals surface area contributed by atoms with E-state index in [-0.39, 0.29) is 0 Å². The molecule has 0 saturated heterocycles. The Morgan fingerprint density at radius 3 is 0.781 bits per heavy atom. The van der Waals surface area contributed by atoms with Crippen molar-refractivity contribution in [2.45, 2.75) is 181 Å². The second-order valence-electron chi connectivity index (χ2n) is 15.1. The largest absolute Gasteiger partial charge is 0.0684 e. The summed E-state index contributed by atoms with van der Waals surface area (Å²) in [7, 11) is -3.84. The summed E-state index contributed by atoms with van der Waals surface area (Å²) in [5, 5.41) is 1.77. The molecule has 0 amide bonds. The van der Waals surface area contributed by atoms with E-state index in [0.717, 1.165) is 11.1 Å². The zero-order valence-corrected chi connectivity index (χ0v) is 30.0. The molecule has 0 aromatic heterocycles. The topological polar surface area (TPSA) is 0 Å². The highest BCUT2D eigenvalue weighted by molar-refractivity contribution is 7.68. The van der Waals surface area contributed by atoms with Crippen molar-refractivity contribution in [3.63, 3.8) is 0 Å². The first-order valence-corrected chi connectivity index (χ1v) is 24.9. The first kappa shape index (κ1) is 32.9. The molecule has 0 spiro atoms. The summed E-state index contributed by atoms with van der Waals surface area (Å²) < 4.78 is 0. The van der Waals surface area contributed by atoms with Crippen LogP contribution in [-0.4, -0.2) is 30.0 Å². The summed E-state index contributed by atoms with van der Waals surface area (Å²) in [5.74, 6) is 0. The van der Waals surface area contributed by atoms with Crippen LogP contribution in [0.4, 0.5) is 0 Å². The second-order valence-corrected chi connectivity index (χ2v) is 45.6. The van der Waals surface area contributed by atoms with Gasteiger partial charge in [0.15, 0.2) is 0 Å². The third kappa shape index (κ3) is 5.81. The Morgan fingerprint density at radius 2 is 0.656 bits per heavy atom. The van der Waals surface area contributed by atoms with Crippen molar-refractivity contribution in [1.82, 2.24) is 0 Å². The van der Waals surface area contributed by atoms with Crippen molar-refractivity contribution >= 4 is 30.0 Å². The van der Waals surface area contributed by atoms with Crippen molar-refractivity contribution in [3.05, 3.63) is 0 Å². The number of rotatable bonds is 8. The molecule has 0 heterocycles. The van der Waals surface area contributed by atoms with Gasteiger partial charge in [0, 0.05) is 0 Å². The zero-order chi connectivity index (χ0) is 26.1. The summed E-state index contributed by atoms with van der Waals surface area (Å²) in [4.78, 5) is 0. The van der Waals surface area contributed by atoms with E-state index >= 15 is 0 Å². The van der Waals surface area contributed by atoms with Crippen LogP contribution in [0, 0.1) is 0 Å². The summed E-state index contributed by atoms with van der Waals surface area (Å²) in [6, 6.07) is 0. The van der Waals surface area contributed by atoms with Crippen LogP contribution >= 0.6 is 0 Å². The summed E-state index contributed by atoms with van der Waals surface area (Å²) in [6.45, 7) is 47.4. The minimum atomic E-state index is -1.68. The molecular weight excluding hydrogens is 449 g/mol. The Kier molecular flexibility index (Phi) is 11.2. The highest BCUT2D eigenvalue weighted by atomic mass is 29.8. The monoisotopic (exact) mass is 512 g/mol. The molecule has 0 N–H and O–H groups in total. The molecule has 32 heavy (non-hydrogen) atoms. The smallest absolute Gasteiger partial charge is 0.0644 e.